The lowest BCUT2D eigenvalue weighted by Gasteiger charge is -2.34. The molecule has 0 saturated carbocycles. The molecule has 33 heavy (non-hydrogen) atoms. The zero-order valence-electron chi connectivity index (χ0n) is 19.0. The summed E-state index contributed by atoms with van der Waals surface area (Å²) in [6.45, 7) is 2.70. The third-order valence-electron chi connectivity index (χ3n) is 5.79. The third kappa shape index (κ3) is 4.98. The van der Waals surface area contributed by atoms with Crippen molar-refractivity contribution in [1.29, 1.82) is 0 Å². The number of hydrogen-bond donors (Lipinski definition) is 0. The van der Waals surface area contributed by atoms with Gasteiger partial charge >= 0.3 is 12.1 Å². The Balaban J connectivity index is 1.63. The molecular weight excluding hydrogens is 418 g/mol. The van der Waals surface area contributed by atoms with E-state index in [1.165, 1.54) is 7.11 Å². The van der Waals surface area contributed by atoms with E-state index >= 15 is 0 Å². The Bertz CT molecular complexity index is 1170. The van der Waals surface area contributed by atoms with Crippen molar-refractivity contribution in [2.24, 2.45) is 7.05 Å². The topological polar surface area (TPSA) is 73.7 Å². The van der Waals surface area contributed by atoms with Crippen LogP contribution in [0.25, 0.3) is 5.57 Å². The van der Waals surface area contributed by atoms with Crippen molar-refractivity contribution in [3.63, 3.8) is 0 Å². The molecule has 0 aliphatic carbocycles. The number of benzene rings is 2. The maximum absolute atomic E-state index is 13.1. The molecule has 1 aliphatic rings. The molecule has 2 heterocycles. The summed E-state index contributed by atoms with van der Waals surface area (Å²) in [6.07, 6.45) is 4.41. The van der Waals surface area contributed by atoms with E-state index in [4.69, 9.17) is 9.47 Å². The zero-order chi connectivity index (χ0) is 23.4. The summed E-state index contributed by atoms with van der Waals surface area (Å²) in [5.41, 5.74) is 5.44. The fourth-order valence-corrected chi connectivity index (χ4v) is 4.10. The summed E-state index contributed by atoms with van der Waals surface area (Å²) in [6, 6.07) is 16.4. The first-order valence-electron chi connectivity index (χ1n) is 10.8. The van der Waals surface area contributed by atoms with Crippen molar-refractivity contribution in [3.05, 3.63) is 94.8 Å². The monoisotopic (exact) mass is 445 g/mol. The van der Waals surface area contributed by atoms with Crippen LogP contribution in [0.1, 0.15) is 45.2 Å². The van der Waals surface area contributed by atoms with E-state index in [9.17, 15) is 9.59 Å². The van der Waals surface area contributed by atoms with Gasteiger partial charge < -0.3 is 9.47 Å². The molecule has 0 spiro atoms. The molecule has 1 atom stereocenters. The van der Waals surface area contributed by atoms with Crippen molar-refractivity contribution < 1.29 is 19.1 Å². The Morgan fingerprint density at radius 1 is 1.09 bits per heavy atom. The quantitative estimate of drug-likeness (QED) is 0.533. The first-order chi connectivity index (χ1) is 16.0. The Morgan fingerprint density at radius 2 is 1.82 bits per heavy atom. The van der Waals surface area contributed by atoms with Gasteiger partial charge in [-0.3, -0.25) is 9.58 Å². The number of esters is 1. The molecule has 7 nitrogen and oxygen atoms in total. The van der Waals surface area contributed by atoms with Crippen molar-refractivity contribution in [2.45, 2.75) is 26.0 Å². The lowest BCUT2D eigenvalue weighted by atomic mass is 9.92. The normalized spacial score (nSPS) is 15.7. The van der Waals surface area contributed by atoms with Gasteiger partial charge in [-0.05, 0) is 42.2 Å². The lowest BCUT2D eigenvalue weighted by Crippen LogP contribution is -2.37. The predicted molar refractivity (Wildman–Crippen MR) is 124 cm³/mol. The average Bonchev–Trinajstić information content (AvgIpc) is 3.20. The van der Waals surface area contributed by atoms with Crippen LogP contribution in [0, 0.1) is 6.92 Å². The van der Waals surface area contributed by atoms with Gasteiger partial charge in [-0.1, -0.05) is 48.5 Å². The Hall–Kier alpha value is -3.87. The maximum atomic E-state index is 13.1. The van der Waals surface area contributed by atoms with Crippen LogP contribution in [-0.4, -0.2) is 40.4 Å². The Kier molecular flexibility index (Phi) is 6.58. The highest BCUT2D eigenvalue weighted by Gasteiger charge is 2.30. The summed E-state index contributed by atoms with van der Waals surface area (Å²) >= 11 is 0. The van der Waals surface area contributed by atoms with E-state index in [2.05, 4.69) is 11.2 Å². The number of methoxy groups -OCH3 is 1. The van der Waals surface area contributed by atoms with Gasteiger partial charge in [0.25, 0.3) is 0 Å². The number of hydrogen-bond acceptors (Lipinski definition) is 5. The van der Waals surface area contributed by atoms with Gasteiger partial charge in [0.2, 0.25) is 0 Å². The van der Waals surface area contributed by atoms with E-state index in [0.29, 0.717) is 18.5 Å². The summed E-state index contributed by atoms with van der Waals surface area (Å²) in [7, 11) is 3.25. The van der Waals surface area contributed by atoms with E-state index in [1.54, 1.807) is 21.7 Å². The largest absolute Gasteiger partial charge is 0.465 e. The highest BCUT2D eigenvalue weighted by atomic mass is 16.6. The number of carbonyl (C=O) groups is 2. The van der Waals surface area contributed by atoms with Gasteiger partial charge in [-0.15, -0.1) is 0 Å². The molecule has 1 aliphatic heterocycles. The van der Waals surface area contributed by atoms with Crippen LogP contribution in [0.4, 0.5) is 4.79 Å². The summed E-state index contributed by atoms with van der Waals surface area (Å²) in [4.78, 5) is 26.6. The zero-order valence-corrected chi connectivity index (χ0v) is 19.0. The minimum Gasteiger partial charge on any atom is -0.465 e. The number of carbonyl (C=O) groups excluding carboxylic acids is 2. The molecule has 0 radical (unpaired) electrons. The Labute approximate surface area is 193 Å². The molecule has 1 amide bonds. The van der Waals surface area contributed by atoms with Crippen LogP contribution >= 0.6 is 0 Å². The van der Waals surface area contributed by atoms with Crippen molar-refractivity contribution in [3.8, 4) is 0 Å². The van der Waals surface area contributed by atoms with Crippen LogP contribution in [0.3, 0.4) is 0 Å². The van der Waals surface area contributed by atoms with Gasteiger partial charge in [-0.25, -0.2) is 9.59 Å². The van der Waals surface area contributed by atoms with E-state index in [1.807, 2.05) is 62.6 Å². The molecule has 4 rings (SSSR count). The SMILES string of the molecule is COC(=O)c1ccc([C@@H]2C=C(c3cn(C)nc3C)CCN2C(=O)OCc2ccccc2)cc1. The molecular formula is C26H27N3O4. The van der Waals surface area contributed by atoms with Crippen LogP contribution in [-0.2, 0) is 23.1 Å². The highest BCUT2D eigenvalue weighted by molar-refractivity contribution is 5.89. The van der Waals surface area contributed by atoms with E-state index < -0.39 is 5.97 Å². The first-order valence-corrected chi connectivity index (χ1v) is 10.8. The molecule has 0 saturated heterocycles. The molecule has 0 fully saturated rings. The Morgan fingerprint density at radius 3 is 2.45 bits per heavy atom. The third-order valence-corrected chi connectivity index (χ3v) is 5.79. The highest BCUT2D eigenvalue weighted by Crippen LogP contribution is 2.35. The van der Waals surface area contributed by atoms with E-state index in [0.717, 1.165) is 28.0 Å². The first kappa shape index (κ1) is 22.3. The number of ether oxygens (including phenoxy) is 2. The number of nitrogens with zero attached hydrogens (tertiary/aromatic N) is 3. The fourth-order valence-electron chi connectivity index (χ4n) is 4.10. The van der Waals surface area contributed by atoms with Crippen LogP contribution in [0.15, 0.2) is 66.9 Å². The molecule has 0 unspecified atom stereocenters. The van der Waals surface area contributed by atoms with Gasteiger partial charge in [-0.2, -0.15) is 5.10 Å². The molecule has 0 N–H and O–H groups in total. The van der Waals surface area contributed by atoms with Crippen molar-refractivity contribution in [2.75, 3.05) is 13.7 Å². The van der Waals surface area contributed by atoms with Crippen LogP contribution in [0.5, 0.6) is 0 Å². The second-order valence-corrected chi connectivity index (χ2v) is 8.04. The van der Waals surface area contributed by atoms with Crippen LogP contribution < -0.4 is 0 Å². The standard InChI is InChI=1S/C26H27N3O4/c1-18-23(16-28(2)27-18)22-13-14-29(26(31)33-17-19-7-5-4-6-8-19)24(15-22)20-9-11-21(12-10-20)25(30)32-3/h4-12,15-16,24H,13-14,17H2,1-3H3/t24-/m0/s1. The summed E-state index contributed by atoms with van der Waals surface area (Å²) in [5.74, 6) is -0.397. The summed E-state index contributed by atoms with van der Waals surface area (Å²) < 4.78 is 12.2. The maximum Gasteiger partial charge on any atom is 0.410 e. The molecule has 3 aromatic rings. The number of aryl methyl sites for hydroxylation is 2. The summed E-state index contributed by atoms with van der Waals surface area (Å²) in [5, 5.41) is 4.46. The molecule has 1 aromatic heterocycles. The van der Waals surface area contributed by atoms with Gasteiger partial charge in [0.05, 0.1) is 24.4 Å². The number of rotatable bonds is 5. The number of aromatic nitrogens is 2. The second kappa shape index (κ2) is 9.73. The molecule has 0 bridgehead atoms. The van der Waals surface area contributed by atoms with Crippen LogP contribution in [0.2, 0.25) is 0 Å². The fraction of sp³-hybridized carbons (Fsp3) is 0.269. The molecule has 170 valence electrons. The molecule has 7 heteroatoms. The van der Waals surface area contributed by atoms with Gasteiger partial charge in [0.15, 0.2) is 0 Å². The van der Waals surface area contributed by atoms with Gasteiger partial charge in [0, 0.05) is 25.4 Å². The average molecular weight is 446 g/mol. The minimum absolute atomic E-state index is 0.211. The molecule has 2 aromatic carbocycles. The van der Waals surface area contributed by atoms with Gasteiger partial charge in [0.1, 0.15) is 6.61 Å². The smallest absolute Gasteiger partial charge is 0.410 e. The van der Waals surface area contributed by atoms with E-state index in [-0.39, 0.29) is 18.7 Å². The van der Waals surface area contributed by atoms with Crippen molar-refractivity contribution >= 4 is 17.6 Å². The van der Waals surface area contributed by atoms with Crippen molar-refractivity contribution in [1.82, 2.24) is 14.7 Å². The second-order valence-electron chi connectivity index (χ2n) is 8.04. The number of amides is 1. The lowest BCUT2D eigenvalue weighted by molar-refractivity contribution is 0.0600. The predicted octanol–water partition coefficient (Wildman–Crippen LogP) is 4.68. The minimum atomic E-state index is -0.397.